The Morgan fingerprint density at radius 3 is 2.11 bits per heavy atom. The van der Waals surface area contributed by atoms with Gasteiger partial charge in [-0.15, -0.1) is 0 Å². The van der Waals surface area contributed by atoms with Crippen LogP contribution in [-0.4, -0.2) is 19.4 Å². The number of nitrogens with zero attached hydrogens (tertiary/aromatic N) is 1. The maximum absolute atomic E-state index is 12.9. The molecule has 0 saturated carbocycles. The zero-order valence-corrected chi connectivity index (χ0v) is 14.7. The van der Waals surface area contributed by atoms with E-state index in [1.807, 2.05) is 0 Å². The smallest absolute Gasteiger partial charge is 0.308 e. The van der Waals surface area contributed by atoms with Crippen molar-refractivity contribution in [1.82, 2.24) is 4.98 Å². The van der Waals surface area contributed by atoms with Crippen molar-refractivity contribution in [1.29, 1.82) is 0 Å². The van der Waals surface area contributed by atoms with Gasteiger partial charge in [0, 0.05) is 17.6 Å². The van der Waals surface area contributed by atoms with Gasteiger partial charge in [0.15, 0.2) is 0 Å². The summed E-state index contributed by atoms with van der Waals surface area (Å²) < 4.78 is 39.8. The van der Waals surface area contributed by atoms with Gasteiger partial charge < -0.3 is 10.6 Å². The number of hydrogen-bond donors (Lipinski definition) is 3. The third-order valence-corrected chi connectivity index (χ3v) is 4.84. The first-order chi connectivity index (χ1) is 12.9. The number of carbonyl (C=O) groups excluding carboxylic acids is 1. The van der Waals surface area contributed by atoms with Crippen LogP contribution in [0.1, 0.15) is 0 Å². The molecule has 0 saturated heterocycles. The van der Waals surface area contributed by atoms with E-state index < -0.39 is 21.9 Å². The minimum atomic E-state index is -3.83. The predicted molar refractivity (Wildman–Crippen MR) is 101 cm³/mol. The topological polar surface area (TPSA) is 100 Å². The van der Waals surface area contributed by atoms with Crippen molar-refractivity contribution in [3.63, 3.8) is 0 Å². The van der Waals surface area contributed by atoms with Crippen molar-refractivity contribution in [3.05, 3.63) is 78.9 Å². The molecule has 2 amide bonds. The molecule has 2 aromatic carbocycles. The quantitative estimate of drug-likeness (QED) is 0.623. The number of sulfonamides is 1. The zero-order chi connectivity index (χ0) is 19.3. The van der Waals surface area contributed by atoms with Crippen LogP contribution in [-0.2, 0) is 10.0 Å². The number of halogens is 1. The Kier molecular flexibility index (Phi) is 5.32. The van der Waals surface area contributed by atoms with Crippen LogP contribution >= 0.6 is 0 Å². The lowest BCUT2D eigenvalue weighted by molar-refractivity contribution is 0.262. The molecule has 1 heterocycles. The molecule has 0 atom stereocenters. The molecule has 3 N–H and O–H groups in total. The maximum atomic E-state index is 12.9. The molecule has 7 nitrogen and oxygen atoms in total. The van der Waals surface area contributed by atoms with Crippen molar-refractivity contribution in [2.24, 2.45) is 0 Å². The minimum absolute atomic E-state index is 0.0538. The van der Waals surface area contributed by atoms with E-state index in [1.54, 1.807) is 30.5 Å². The summed E-state index contributed by atoms with van der Waals surface area (Å²) in [6, 6.07) is 13.5. The Morgan fingerprint density at radius 1 is 0.852 bits per heavy atom. The summed E-state index contributed by atoms with van der Waals surface area (Å²) in [4.78, 5) is 15.8. The van der Waals surface area contributed by atoms with Gasteiger partial charge in [-0.25, -0.2) is 17.6 Å². The predicted octanol–water partition coefficient (Wildman–Crippen LogP) is 3.67. The van der Waals surface area contributed by atoms with Gasteiger partial charge in [0.25, 0.3) is 10.0 Å². The Hall–Kier alpha value is -3.46. The van der Waals surface area contributed by atoms with Crippen molar-refractivity contribution in [2.45, 2.75) is 4.90 Å². The first-order valence-corrected chi connectivity index (χ1v) is 9.27. The normalized spacial score (nSPS) is 10.9. The van der Waals surface area contributed by atoms with Crippen LogP contribution in [0.25, 0.3) is 0 Å². The second-order valence-electron chi connectivity index (χ2n) is 5.46. The molecular weight excluding hydrogens is 371 g/mol. The van der Waals surface area contributed by atoms with Crippen molar-refractivity contribution in [2.75, 3.05) is 15.4 Å². The van der Waals surface area contributed by atoms with E-state index in [-0.39, 0.29) is 4.90 Å². The molecule has 0 fully saturated rings. The van der Waals surface area contributed by atoms with Crippen LogP contribution in [0.4, 0.5) is 26.2 Å². The van der Waals surface area contributed by atoms with Gasteiger partial charge in [-0.2, -0.15) is 0 Å². The van der Waals surface area contributed by atoms with Crippen molar-refractivity contribution < 1.29 is 17.6 Å². The molecule has 0 spiro atoms. The molecule has 0 aliphatic rings. The number of hydrogen-bond acceptors (Lipinski definition) is 4. The van der Waals surface area contributed by atoms with Crippen LogP contribution in [0.5, 0.6) is 0 Å². The number of carbonyl (C=O) groups is 1. The van der Waals surface area contributed by atoms with E-state index in [2.05, 4.69) is 20.3 Å². The SMILES string of the molecule is O=C(Nc1ccc(NS(=O)(=O)c2ccc(F)cc2)cc1)Nc1cccnc1. The van der Waals surface area contributed by atoms with Crippen LogP contribution in [0.15, 0.2) is 78.0 Å². The molecule has 138 valence electrons. The monoisotopic (exact) mass is 386 g/mol. The largest absolute Gasteiger partial charge is 0.323 e. The lowest BCUT2D eigenvalue weighted by atomic mass is 10.3. The van der Waals surface area contributed by atoms with E-state index in [0.717, 1.165) is 12.1 Å². The highest BCUT2D eigenvalue weighted by atomic mass is 32.2. The third kappa shape index (κ3) is 5.02. The molecule has 3 rings (SSSR count). The first-order valence-electron chi connectivity index (χ1n) is 7.79. The summed E-state index contributed by atoms with van der Waals surface area (Å²) in [5, 5.41) is 5.24. The summed E-state index contributed by atoms with van der Waals surface area (Å²) in [7, 11) is -3.83. The van der Waals surface area contributed by atoms with E-state index in [1.165, 1.54) is 30.5 Å². The molecule has 27 heavy (non-hydrogen) atoms. The van der Waals surface area contributed by atoms with Gasteiger partial charge >= 0.3 is 6.03 Å². The molecule has 0 aliphatic carbocycles. The number of anilines is 3. The number of benzene rings is 2. The molecular formula is C18H15FN4O3S. The van der Waals surface area contributed by atoms with E-state index in [9.17, 15) is 17.6 Å². The molecule has 9 heteroatoms. The highest BCUT2D eigenvalue weighted by Crippen LogP contribution is 2.19. The van der Waals surface area contributed by atoms with Crippen LogP contribution < -0.4 is 15.4 Å². The zero-order valence-electron chi connectivity index (χ0n) is 13.9. The Bertz CT molecular complexity index is 1020. The number of aromatic nitrogens is 1. The number of rotatable bonds is 5. The van der Waals surface area contributed by atoms with Crippen molar-refractivity contribution >= 4 is 33.1 Å². The minimum Gasteiger partial charge on any atom is -0.308 e. The van der Waals surface area contributed by atoms with Gasteiger partial charge in [-0.1, -0.05) is 0 Å². The van der Waals surface area contributed by atoms with Gasteiger partial charge in [-0.3, -0.25) is 9.71 Å². The molecule has 0 unspecified atom stereocenters. The maximum Gasteiger partial charge on any atom is 0.323 e. The number of pyridine rings is 1. The van der Waals surface area contributed by atoms with Crippen LogP contribution in [0.2, 0.25) is 0 Å². The molecule has 0 radical (unpaired) electrons. The summed E-state index contributed by atoms with van der Waals surface area (Å²) >= 11 is 0. The highest BCUT2D eigenvalue weighted by molar-refractivity contribution is 7.92. The third-order valence-electron chi connectivity index (χ3n) is 3.44. The second kappa shape index (κ2) is 7.83. The van der Waals surface area contributed by atoms with Gasteiger partial charge in [0.05, 0.1) is 16.8 Å². The summed E-state index contributed by atoms with van der Waals surface area (Å²) in [6.07, 6.45) is 3.10. The van der Waals surface area contributed by atoms with E-state index in [0.29, 0.717) is 17.1 Å². The first kappa shape index (κ1) is 18.3. The molecule has 0 aliphatic heterocycles. The summed E-state index contributed by atoms with van der Waals surface area (Å²) in [5.74, 6) is -0.520. The van der Waals surface area contributed by atoms with Gasteiger partial charge in [0.2, 0.25) is 0 Å². The average Bonchev–Trinajstić information content (AvgIpc) is 2.64. The summed E-state index contributed by atoms with van der Waals surface area (Å²) in [6.45, 7) is 0. The average molecular weight is 386 g/mol. The van der Waals surface area contributed by atoms with Gasteiger partial charge in [0.1, 0.15) is 5.82 Å². The number of nitrogens with one attached hydrogen (secondary N) is 3. The van der Waals surface area contributed by atoms with E-state index >= 15 is 0 Å². The Balaban J connectivity index is 1.63. The fourth-order valence-corrected chi connectivity index (χ4v) is 3.24. The standard InChI is InChI=1S/C18H15FN4O3S/c19-13-3-9-17(10-4-13)27(25,26)23-15-7-5-14(6-8-15)21-18(24)22-16-2-1-11-20-12-16/h1-12,23H,(H2,21,22,24). The summed E-state index contributed by atoms with van der Waals surface area (Å²) in [5.41, 5.74) is 1.32. The highest BCUT2D eigenvalue weighted by Gasteiger charge is 2.14. The van der Waals surface area contributed by atoms with Crippen LogP contribution in [0.3, 0.4) is 0 Å². The van der Waals surface area contributed by atoms with Gasteiger partial charge in [-0.05, 0) is 60.7 Å². The lowest BCUT2D eigenvalue weighted by Crippen LogP contribution is -2.19. The molecule has 3 aromatic rings. The fraction of sp³-hybridized carbons (Fsp3) is 0. The molecule has 0 bridgehead atoms. The Morgan fingerprint density at radius 2 is 1.48 bits per heavy atom. The lowest BCUT2D eigenvalue weighted by Gasteiger charge is -2.10. The fourth-order valence-electron chi connectivity index (χ4n) is 2.18. The molecule has 1 aromatic heterocycles. The van der Waals surface area contributed by atoms with Crippen LogP contribution in [0, 0.1) is 5.82 Å². The Labute approximate surface area is 155 Å². The second-order valence-corrected chi connectivity index (χ2v) is 7.14. The number of urea groups is 1. The van der Waals surface area contributed by atoms with E-state index in [4.69, 9.17) is 0 Å². The van der Waals surface area contributed by atoms with Crippen molar-refractivity contribution in [3.8, 4) is 0 Å². The number of amides is 2.